The summed E-state index contributed by atoms with van der Waals surface area (Å²) in [5, 5.41) is 3.85. The van der Waals surface area contributed by atoms with Gasteiger partial charge in [-0.2, -0.15) is 11.3 Å². The standard InChI is InChI=1S/C21H20N6OS/c22-19-18-17(15-2-1-6-23-12-15)25-20(27(18)10-7-24-19)14-3-8-26(9-4-14)21(28)16-5-11-29-13-16/h1-2,5-7,10-14H,3-4,8-9H2,(H2,22,24). The van der Waals surface area contributed by atoms with Gasteiger partial charge in [-0.25, -0.2) is 9.97 Å². The Morgan fingerprint density at radius 2 is 2.07 bits per heavy atom. The van der Waals surface area contributed by atoms with Crippen LogP contribution in [0.3, 0.4) is 0 Å². The molecule has 2 N–H and O–H groups in total. The first-order chi connectivity index (χ1) is 14.2. The van der Waals surface area contributed by atoms with Gasteiger partial charge in [0.05, 0.1) is 5.56 Å². The molecule has 1 saturated heterocycles. The van der Waals surface area contributed by atoms with E-state index in [9.17, 15) is 4.79 Å². The maximum Gasteiger partial charge on any atom is 0.254 e. The van der Waals surface area contributed by atoms with E-state index in [4.69, 9.17) is 10.7 Å². The summed E-state index contributed by atoms with van der Waals surface area (Å²) >= 11 is 1.55. The summed E-state index contributed by atoms with van der Waals surface area (Å²) in [5.74, 6) is 1.79. The van der Waals surface area contributed by atoms with Crippen molar-refractivity contribution in [3.63, 3.8) is 0 Å². The lowest BCUT2D eigenvalue weighted by Gasteiger charge is -2.31. The lowest BCUT2D eigenvalue weighted by Crippen LogP contribution is -2.38. The zero-order chi connectivity index (χ0) is 19.8. The van der Waals surface area contributed by atoms with E-state index in [1.807, 2.05) is 44.5 Å². The Hall–Kier alpha value is -3.26. The first-order valence-electron chi connectivity index (χ1n) is 9.56. The van der Waals surface area contributed by atoms with Crippen molar-refractivity contribution in [2.24, 2.45) is 0 Å². The summed E-state index contributed by atoms with van der Waals surface area (Å²) in [4.78, 5) is 28.0. The zero-order valence-corrected chi connectivity index (χ0v) is 16.5. The highest BCUT2D eigenvalue weighted by molar-refractivity contribution is 7.08. The van der Waals surface area contributed by atoms with Gasteiger partial charge in [0, 0.05) is 54.7 Å². The number of amides is 1. The van der Waals surface area contributed by atoms with E-state index < -0.39 is 0 Å². The highest BCUT2D eigenvalue weighted by atomic mass is 32.1. The number of carbonyl (C=O) groups is 1. The van der Waals surface area contributed by atoms with Gasteiger partial charge in [-0.15, -0.1) is 0 Å². The van der Waals surface area contributed by atoms with Gasteiger partial charge in [0.15, 0.2) is 0 Å². The van der Waals surface area contributed by atoms with Crippen molar-refractivity contribution < 1.29 is 4.79 Å². The van der Waals surface area contributed by atoms with Crippen LogP contribution in [0.2, 0.25) is 0 Å². The van der Waals surface area contributed by atoms with E-state index in [1.54, 1.807) is 29.9 Å². The molecule has 0 atom stereocenters. The molecule has 8 heteroatoms. The third-order valence-electron chi connectivity index (χ3n) is 5.46. The fourth-order valence-corrected chi connectivity index (χ4v) is 4.62. The smallest absolute Gasteiger partial charge is 0.254 e. The Balaban J connectivity index is 1.46. The summed E-state index contributed by atoms with van der Waals surface area (Å²) in [5.41, 5.74) is 9.52. The van der Waals surface area contributed by atoms with E-state index in [1.165, 1.54) is 0 Å². The molecule has 1 fully saturated rings. The Kier molecular flexibility index (Phi) is 4.48. The normalized spacial score (nSPS) is 15.1. The van der Waals surface area contributed by atoms with E-state index in [0.29, 0.717) is 5.82 Å². The number of hydrogen-bond acceptors (Lipinski definition) is 6. The molecule has 1 aliphatic heterocycles. The fourth-order valence-electron chi connectivity index (χ4n) is 3.99. The van der Waals surface area contributed by atoms with Crippen LogP contribution in [-0.2, 0) is 0 Å². The Bertz CT molecular complexity index is 1150. The van der Waals surface area contributed by atoms with Gasteiger partial charge in [-0.3, -0.25) is 14.2 Å². The largest absolute Gasteiger partial charge is 0.382 e. The lowest BCUT2D eigenvalue weighted by molar-refractivity contribution is 0.0711. The topological polar surface area (TPSA) is 89.4 Å². The molecule has 0 spiro atoms. The molecule has 5 heterocycles. The number of nitrogens with zero attached hydrogens (tertiary/aromatic N) is 5. The number of carbonyl (C=O) groups excluding carboxylic acids is 1. The Morgan fingerprint density at radius 3 is 2.79 bits per heavy atom. The van der Waals surface area contributed by atoms with Crippen molar-refractivity contribution in [2.75, 3.05) is 18.8 Å². The van der Waals surface area contributed by atoms with Crippen molar-refractivity contribution in [3.8, 4) is 11.3 Å². The summed E-state index contributed by atoms with van der Waals surface area (Å²) in [6, 6.07) is 5.76. The Morgan fingerprint density at radius 1 is 1.21 bits per heavy atom. The average molecular weight is 404 g/mol. The molecule has 1 amide bonds. The highest BCUT2D eigenvalue weighted by Gasteiger charge is 2.28. The molecule has 0 aliphatic carbocycles. The van der Waals surface area contributed by atoms with E-state index in [0.717, 1.165) is 54.1 Å². The van der Waals surface area contributed by atoms with Gasteiger partial charge in [0.25, 0.3) is 5.91 Å². The molecule has 0 radical (unpaired) electrons. The van der Waals surface area contributed by atoms with Crippen LogP contribution in [0.15, 0.2) is 53.7 Å². The maximum atomic E-state index is 12.6. The van der Waals surface area contributed by atoms with Crippen LogP contribution in [0.5, 0.6) is 0 Å². The minimum absolute atomic E-state index is 0.113. The van der Waals surface area contributed by atoms with Crippen LogP contribution in [0.4, 0.5) is 5.82 Å². The van der Waals surface area contributed by atoms with Crippen LogP contribution in [0, 0.1) is 0 Å². The second-order valence-electron chi connectivity index (χ2n) is 7.17. The first-order valence-corrected chi connectivity index (χ1v) is 10.5. The summed E-state index contributed by atoms with van der Waals surface area (Å²) < 4.78 is 2.05. The van der Waals surface area contributed by atoms with Crippen LogP contribution >= 0.6 is 11.3 Å². The number of anilines is 1. The van der Waals surface area contributed by atoms with Crippen molar-refractivity contribution >= 4 is 28.6 Å². The van der Waals surface area contributed by atoms with Crippen LogP contribution in [-0.4, -0.2) is 43.2 Å². The zero-order valence-electron chi connectivity index (χ0n) is 15.7. The third-order valence-corrected chi connectivity index (χ3v) is 6.14. The van der Waals surface area contributed by atoms with Crippen LogP contribution < -0.4 is 5.73 Å². The molecule has 0 unspecified atom stereocenters. The van der Waals surface area contributed by atoms with Gasteiger partial charge in [-0.1, -0.05) is 0 Å². The highest BCUT2D eigenvalue weighted by Crippen LogP contribution is 2.34. The maximum absolute atomic E-state index is 12.6. The summed E-state index contributed by atoms with van der Waals surface area (Å²) in [6.07, 6.45) is 8.88. The average Bonchev–Trinajstić information content (AvgIpc) is 3.43. The monoisotopic (exact) mass is 404 g/mol. The molecular formula is C21H20N6OS. The van der Waals surface area contributed by atoms with Gasteiger partial charge in [0.1, 0.15) is 22.9 Å². The first kappa shape index (κ1) is 17.8. The van der Waals surface area contributed by atoms with Crippen molar-refractivity contribution in [2.45, 2.75) is 18.8 Å². The van der Waals surface area contributed by atoms with Crippen molar-refractivity contribution in [3.05, 3.63) is 65.1 Å². The molecule has 0 aromatic carbocycles. The molecular weight excluding hydrogens is 384 g/mol. The van der Waals surface area contributed by atoms with E-state index in [2.05, 4.69) is 9.97 Å². The van der Waals surface area contributed by atoms with Crippen LogP contribution in [0.25, 0.3) is 16.8 Å². The molecule has 0 bridgehead atoms. The van der Waals surface area contributed by atoms with E-state index in [-0.39, 0.29) is 11.8 Å². The summed E-state index contributed by atoms with van der Waals surface area (Å²) in [6.45, 7) is 1.44. The second-order valence-corrected chi connectivity index (χ2v) is 7.95. The molecule has 5 rings (SSSR count). The number of likely N-dealkylation sites (tertiary alicyclic amines) is 1. The number of aromatic nitrogens is 4. The predicted octanol–water partition coefficient (Wildman–Crippen LogP) is 3.45. The van der Waals surface area contributed by atoms with Crippen molar-refractivity contribution in [1.82, 2.24) is 24.3 Å². The molecule has 4 aromatic rings. The number of piperidine rings is 1. The van der Waals surface area contributed by atoms with Crippen LogP contribution in [0.1, 0.15) is 34.9 Å². The fraction of sp³-hybridized carbons (Fsp3) is 0.238. The van der Waals surface area contributed by atoms with E-state index >= 15 is 0 Å². The molecule has 146 valence electrons. The third kappa shape index (κ3) is 3.15. The minimum Gasteiger partial charge on any atom is -0.382 e. The SMILES string of the molecule is Nc1nccn2c(C3CCN(C(=O)c4ccsc4)CC3)nc(-c3cccnc3)c12. The number of nitrogens with two attached hydrogens (primary N) is 1. The quantitative estimate of drug-likeness (QED) is 0.565. The lowest BCUT2D eigenvalue weighted by atomic mass is 9.95. The molecule has 7 nitrogen and oxygen atoms in total. The molecule has 4 aromatic heterocycles. The number of rotatable bonds is 3. The minimum atomic E-state index is 0.113. The Labute approximate surface area is 171 Å². The molecule has 0 saturated carbocycles. The molecule has 1 aliphatic rings. The second kappa shape index (κ2) is 7.29. The number of thiophene rings is 1. The molecule has 29 heavy (non-hydrogen) atoms. The van der Waals surface area contributed by atoms with Crippen molar-refractivity contribution in [1.29, 1.82) is 0 Å². The number of nitrogen functional groups attached to an aromatic ring is 1. The van der Waals surface area contributed by atoms with Gasteiger partial charge < -0.3 is 10.6 Å². The number of fused-ring (bicyclic) bond motifs is 1. The predicted molar refractivity (Wildman–Crippen MR) is 113 cm³/mol. The van der Waals surface area contributed by atoms with Gasteiger partial charge in [0.2, 0.25) is 0 Å². The number of hydrogen-bond donors (Lipinski definition) is 1. The number of imidazole rings is 1. The summed E-state index contributed by atoms with van der Waals surface area (Å²) in [7, 11) is 0. The van der Waals surface area contributed by atoms with Gasteiger partial charge >= 0.3 is 0 Å². The van der Waals surface area contributed by atoms with Gasteiger partial charge in [-0.05, 0) is 36.4 Å². The number of pyridine rings is 1.